The van der Waals surface area contributed by atoms with Crippen molar-refractivity contribution < 1.29 is 19.4 Å². The van der Waals surface area contributed by atoms with Crippen LogP contribution in [0.5, 0.6) is 0 Å². The Labute approximate surface area is 163 Å². The summed E-state index contributed by atoms with van der Waals surface area (Å²) >= 11 is 0. The number of carbonyl (C=O) groups is 2. The molecule has 0 aliphatic carbocycles. The summed E-state index contributed by atoms with van der Waals surface area (Å²) in [6, 6.07) is 25.7. The molecule has 3 aromatic carbocycles. The van der Waals surface area contributed by atoms with Crippen LogP contribution < -0.4 is 5.32 Å². The van der Waals surface area contributed by atoms with E-state index >= 15 is 0 Å². The zero-order valence-electron chi connectivity index (χ0n) is 15.2. The van der Waals surface area contributed by atoms with Crippen molar-refractivity contribution in [3.63, 3.8) is 0 Å². The Morgan fingerprint density at radius 2 is 1.36 bits per heavy atom. The van der Waals surface area contributed by atoms with Crippen LogP contribution in [0.2, 0.25) is 0 Å². The highest BCUT2D eigenvalue weighted by Crippen LogP contribution is 2.19. The topological polar surface area (TPSA) is 75.6 Å². The molecule has 0 aromatic heterocycles. The van der Waals surface area contributed by atoms with Crippen LogP contribution >= 0.6 is 0 Å². The van der Waals surface area contributed by atoms with Gasteiger partial charge in [0.15, 0.2) is 6.10 Å². The molecular formula is C23H21NO4. The molecule has 2 N–H and O–H groups in total. The van der Waals surface area contributed by atoms with Crippen LogP contribution in [-0.4, -0.2) is 23.1 Å². The molecule has 2 unspecified atom stereocenters. The molecule has 5 nitrogen and oxygen atoms in total. The monoisotopic (exact) mass is 375 g/mol. The van der Waals surface area contributed by atoms with Gasteiger partial charge in [0.2, 0.25) is 0 Å². The predicted octanol–water partition coefficient (Wildman–Crippen LogP) is 3.26. The minimum Gasteiger partial charge on any atom is -0.459 e. The molecule has 0 saturated heterocycles. The number of ether oxygens (including phenoxy) is 1. The number of aliphatic hydroxyl groups is 1. The minimum absolute atomic E-state index is 0.0465. The van der Waals surface area contributed by atoms with Gasteiger partial charge in [0.05, 0.1) is 6.04 Å². The van der Waals surface area contributed by atoms with Gasteiger partial charge in [-0.1, -0.05) is 78.9 Å². The minimum atomic E-state index is -1.54. The van der Waals surface area contributed by atoms with Crippen molar-refractivity contribution in [3.05, 3.63) is 108 Å². The summed E-state index contributed by atoms with van der Waals surface area (Å²) in [4.78, 5) is 25.0. The van der Waals surface area contributed by atoms with Gasteiger partial charge < -0.3 is 15.2 Å². The van der Waals surface area contributed by atoms with Crippen LogP contribution in [0.1, 0.15) is 27.5 Å². The number of aliphatic hydroxyl groups excluding tert-OH is 1. The number of benzene rings is 3. The smallest absolute Gasteiger partial charge is 0.337 e. The van der Waals surface area contributed by atoms with Crippen molar-refractivity contribution in [1.82, 2.24) is 5.32 Å². The first kappa shape index (κ1) is 19.3. The molecule has 0 heterocycles. The second kappa shape index (κ2) is 9.48. The molecule has 0 bridgehead atoms. The molecule has 0 saturated carbocycles. The third-order valence-corrected chi connectivity index (χ3v) is 4.26. The Morgan fingerprint density at radius 1 is 0.821 bits per heavy atom. The van der Waals surface area contributed by atoms with Gasteiger partial charge in [0.25, 0.3) is 5.91 Å². The number of rotatable bonds is 7. The Balaban J connectivity index is 1.74. The van der Waals surface area contributed by atoms with Gasteiger partial charge in [-0.15, -0.1) is 0 Å². The number of esters is 1. The maximum absolute atomic E-state index is 12.6. The average molecular weight is 375 g/mol. The van der Waals surface area contributed by atoms with E-state index in [1.807, 2.05) is 36.4 Å². The predicted molar refractivity (Wildman–Crippen MR) is 105 cm³/mol. The first-order valence-corrected chi connectivity index (χ1v) is 8.94. The van der Waals surface area contributed by atoms with Crippen molar-refractivity contribution in [2.75, 3.05) is 0 Å². The molecule has 3 aromatic rings. The molecule has 0 fully saturated rings. The third kappa shape index (κ3) is 5.05. The van der Waals surface area contributed by atoms with E-state index in [1.54, 1.807) is 54.6 Å². The number of hydrogen-bond acceptors (Lipinski definition) is 4. The van der Waals surface area contributed by atoms with Crippen molar-refractivity contribution in [2.45, 2.75) is 18.8 Å². The van der Waals surface area contributed by atoms with Crippen molar-refractivity contribution >= 4 is 11.9 Å². The van der Waals surface area contributed by atoms with E-state index < -0.39 is 18.1 Å². The molecule has 5 heteroatoms. The highest BCUT2D eigenvalue weighted by Gasteiger charge is 2.30. The van der Waals surface area contributed by atoms with Gasteiger partial charge in [-0.05, 0) is 23.3 Å². The summed E-state index contributed by atoms with van der Waals surface area (Å²) in [5.41, 5.74) is 1.86. The maximum atomic E-state index is 12.6. The lowest BCUT2D eigenvalue weighted by Crippen LogP contribution is -2.41. The van der Waals surface area contributed by atoms with E-state index in [4.69, 9.17) is 4.74 Å². The Kier molecular flexibility index (Phi) is 6.54. The summed E-state index contributed by atoms with van der Waals surface area (Å²) in [6.45, 7) is 0.0465. The highest BCUT2D eigenvalue weighted by molar-refractivity contribution is 5.94. The zero-order chi connectivity index (χ0) is 19.8. The molecular weight excluding hydrogens is 354 g/mol. The summed E-state index contributed by atoms with van der Waals surface area (Å²) in [5.74, 6) is -1.18. The summed E-state index contributed by atoms with van der Waals surface area (Å²) in [6.07, 6.45) is -1.54. The van der Waals surface area contributed by atoms with E-state index in [0.29, 0.717) is 11.1 Å². The van der Waals surface area contributed by atoms with E-state index in [9.17, 15) is 14.7 Å². The van der Waals surface area contributed by atoms with Crippen molar-refractivity contribution in [3.8, 4) is 0 Å². The number of carbonyl (C=O) groups excluding carboxylic acids is 2. The lowest BCUT2D eigenvalue weighted by molar-refractivity contribution is -0.156. The van der Waals surface area contributed by atoms with E-state index in [-0.39, 0.29) is 12.5 Å². The average Bonchev–Trinajstić information content (AvgIpc) is 2.77. The van der Waals surface area contributed by atoms with Gasteiger partial charge >= 0.3 is 5.97 Å². The first-order valence-electron chi connectivity index (χ1n) is 8.94. The molecule has 142 valence electrons. The highest BCUT2D eigenvalue weighted by atomic mass is 16.5. The number of amides is 1. The normalized spacial score (nSPS) is 12.6. The van der Waals surface area contributed by atoms with Crippen molar-refractivity contribution in [1.29, 1.82) is 0 Å². The largest absolute Gasteiger partial charge is 0.459 e. The molecule has 1 amide bonds. The van der Waals surface area contributed by atoms with Crippen LogP contribution in [0.4, 0.5) is 0 Å². The van der Waals surface area contributed by atoms with E-state index in [0.717, 1.165) is 5.56 Å². The van der Waals surface area contributed by atoms with Gasteiger partial charge in [-0.3, -0.25) is 4.79 Å². The lowest BCUT2D eigenvalue weighted by Gasteiger charge is -2.23. The number of nitrogens with one attached hydrogen (secondary N) is 1. The fourth-order valence-corrected chi connectivity index (χ4v) is 2.77. The van der Waals surface area contributed by atoms with Gasteiger partial charge in [-0.25, -0.2) is 4.79 Å². The molecule has 28 heavy (non-hydrogen) atoms. The van der Waals surface area contributed by atoms with Crippen LogP contribution in [-0.2, 0) is 16.1 Å². The van der Waals surface area contributed by atoms with Gasteiger partial charge in [0, 0.05) is 5.56 Å². The van der Waals surface area contributed by atoms with E-state index in [2.05, 4.69) is 5.32 Å². The summed E-state index contributed by atoms with van der Waals surface area (Å²) in [5, 5.41) is 13.4. The van der Waals surface area contributed by atoms with Crippen LogP contribution in [0.15, 0.2) is 91.0 Å². The van der Waals surface area contributed by atoms with E-state index in [1.165, 1.54) is 0 Å². The first-order chi connectivity index (χ1) is 13.6. The summed E-state index contributed by atoms with van der Waals surface area (Å²) in [7, 11) is 0. The number of hydrogen-bond donors (Lipinski definition) is 2. The molecule has 0 aliphatic rings. The standard InChI is InChI=1S/C23H21NO4/c25-21(23(27)28-16-17-10-4-1-5-11-17)20(18-12-6-2-7-13-18)24-22(26)19-14-8-3-9-15-19/h1-15,20-21,25H,16H2,(H,24,26). The van der Waals surface area contributed by atoms with Crippen LogP contribution in [0.25, 0.3) is 0 Å². The van der Waals surface area contributed by atoms with Crippen molar-refractivity contribution in [2.24, 2.45) is 0 Å². The second-order valence-corrected chi connectivity index (χ2v) is 6.27. The Hall–Kier alpha value is -3.44. The van der Waals surface area contributed by atoms with Crippen LogP contribution in [0.3, 0.4) is 0 Å². The second-order valence-electron chi connectivity index (χ2n) is 6.27. The molecule has 0 spiro atoms. The summed E-state index contributed by atoms with van der Waals surface area (Å²) < 4.78 is 5.24. The molecule has 2 atom stereocenters. The Morgan fingerprint density at radius 3 is 1.96 bits per heavy atom. The zero-order valence-corrected chi connectivity index (χ0v) is 15.2. The maximum Gasteiger partial charge on any atom is 0.337 e. The molecule has 3 rings (SSSR count). The lowest BCUT2D eigenvalue weighted by atomic mass is 10.0. The third-order valence-electron chi connectivity index (χ3n) is 4.26. The quantitative estimate of drug-likeness (QED) is 0.622. The van der Waals surface area contributed by atoms with Gasteiger partial charge in [-0.2, -0.15) is 0 Å². The van der Waals surface area contributed by atoms with Gasteiger partial charge in [0.1, 0.15) is 6.61 Å². The molecule has 0 radical (unpaired) electrons. The fraction of sp³-hybridized carbons (Fsp3) is 0.130. The fourth-order valence-electron chi connectivity index (χ4n) is 2.77. The molecule has 0 aliphatic heterocycles. The van der Waals surface area contributed by atoms with Crippen LogP contribution in [0, 0.1) is 0 Å². The Bertz CT molecular complexity index is 898. The SMILES string of the molecule is O=C(NC(c1ccccc1)C(O)C(=O)OCc1ccccc1)c1ccccc1.